The Hall–Kier alpha value is -2.96. The minimum atomic E-state index is -0.904. The molecule has 1 aliphatic heterocycles. The number of rotatable bonds is 6. The molecule has 1 amide bonds. The maximum atomic E-state index is 13.4. The van der Waals surface area contributed by atoms with E-state index in [9.17, 15) is 9.59 Å². The Morgan fingerprint density at radius 3 is 2.55 bits per heavy atom. The van der Waals surface area contributed by atoms with E-state index in [2.05, 4.69) is 0 Å². The molecule has 1 fully saturated rings. The van der Waals surface area contributed by atoms with Gasteiger partial charge in [-0.25, -0.2) is 4.79 Å². The molecule has 0 radical (unpaired) electrons. The number of fused-ring (bicyclic) bond motifs is 1. The number of carbonyl (C=O) groups excluding carboxylic acids is 2. The predicted molar refractivity (Wildman–Crippen MR) is 129 cm³/mol. The smallest absolute Gasteiger partial charge is 0.333 e. The van der Waals surface area contributed by atoms with Crippen molar-refractivity contribution >= 4 is 57.0 Å². The third-order valence-corrected chi connectivity index (χ3v) is 6.31. The van der Waals surface area contributed by atoms with Crippen molar-refractivity contribution in [2.75, 3.05) is 6.61 Å². The minimum Gasteiger partial charge on any atom is -0.464 e. The molecule has 0 bridgehead atoms. The molecule has 1 unspecified atom stereocenters. The molecule has 31 heavy (non-hydrogen) atoms. The van der Waals surface area contributed by atoms with Gasteiger partial charge in [-0.3, -0.25) is 9.69 Å². The number of benzene rings is 3. The first-order chi connectivity index (χ1) is 15.1. The van der Waals surface area contributed by atoms with E-state index in [-0.39, 0.29) is 5.91 Å². The summed E-state index contributed by atoms with van der Waals surface area (Å²) in [5.41, 5.74) is 1.61. The summed E-state index contributed by atoms with van der Waals surface area (Å²) in [4.78, 5) is 28.2. The highest BCUT2D eigenvalue weighted by Crippen LogP contribution is 2.39. The Balaban J connectivity index is 1.72. The highest BCUT2D eigenvalue weighted by Gasteiger charge is 2.42. The molecule has 0 N–H and O–H groups in total. The largest absolute Gasteiger partial charge is 0.464 e. The van der Waals surface area contributed by atoms with Gasteiger partial charge in [-0.1, -0.05) is 104 Å². The minimum absolute atomic E-state index is 0.287. The first-order valence-electron chi connectivity index (χ1n) is 10.1. The van der Waals surface area contributed by atoms with Crippen LogP contribution in [-0.2, 0) is 14.3 Å². The number of ether oxygens (including phenoxy) is 1. The second kappa shape index (κ2) is 9.45. The zero-order valence-corrected chi connectivity index (χ0v) is 18.6. The average Bonchev–Trinajstić information content (AvgIpc) is 3.06. The van der Waals surface area contributed by atoms with Crippen molar-refractivity contribution in [3.05, 3.63) is 88.8 Å². The summed E-state index contributed by atoms with van der Waals surface area (Å²) < 4.78 is 5.75. The lowest BCUT2D eigenvalue weighted by Crippen LogP contribution is -2.38. The van der Waals surface area contributed by atoms with Gasteiger partial charge in [-0.15, -0.1) is 0 Å². The summed E-state index contributed by atoms with van der Waals surface area (Å²) in [6.07, 6.45) is 2.55. The molecule has 3 aromatic rings. The van der Waals surface area contributed by atoms with Crippen LogP contribution < -0.4 is 0 Å². The van der Waals surface area contributed by atoms with Gasteiger partial charge in [0.2, 0.25) is 0 Å². The fraction of sp³-hybridized carbons (Fsp3) is 0.160. The first kappa shape index (κ1) is 21.3. The second-order valence-corrected chi connectivity index (χ2v) is 8.78. The Bertz CT molecular complexity index is 1170. The molecule has 1 atom stereocenters. The number of nitrogens with zero attached hydrogens (tertiary/aromatic N) is 1. The second-order valence-electron chi connectivity index (χ2n) is 7.10. The lowest BCUT2D eigenvalue weighted by atomic mass is 10.0. The highest BCUT2D eigenvalue weighted by atomic mass is 32.2. The third kappa shape index (κ3) is 4.40. The number of thiocarbonyl (C=S) groups is 1. The fourth-order valence-electron chi connectivity index (χ4n) is 3.53. The van der Waals surface area contributed by atoms with Crippen molar-refractivity contribution in [1.82, 2.24) is 4.90 Å². The highest BCUT2D eigenvalue weighted by molar-refractivity contribution is 8.26. The van der Waals surface area contributed by atoms with Gasteiger partial charge in [-0.2, -0.15) is 0 Å². The van der Waals surface area contributed by atoms with Crippen LogP contribution >= 0.6 is 24.0 Å². The number of carbonyl (C=O) groups is 2. The van der Waals surface area contributed by atoms with Crippen molar-refractivity contribution in [1.29, 1.82) is 0 Å². The topological polar surface area (TPSA) is 46.6 Å². The van der Waals surface area contributed by atoms with Crippen molar-refractivity contribution in [2.24, 2.45) is 0 Å². The number of thioether (sulfide) groups is 1. The number of hydrogen-bond acceptors (Lipinski definition) is 5. The zero-order valence-electron chi connectivity index (χ0n) is 17.0. The monoisotopic (exact) mass is 447 g/mol. The van der Waals surface area contributed by atoms with Crippen LogP contribution in [0.2, 0.25) is 0 Å². The molecule has 0 aromatic heterocycles. The molecule has 1 heterocycles. The molecular weight excluding hydrogens is 426 g/mol. The lowest BCUT2D eigenvalue weighted by Gasteiger charge is -2.25. The van der Waals surface area contributed by atoms with Crippen molar-refractivity contribution < 1.29 is 14.3 Å². The summed E-state index contributed by atoms with van der Waals surface area (Å²) in [6.45, 7) is 2.22. The Kier molecular flexibility index (Phi) is 6.49. The zero-order chi connectivity index (χ0) is 21.8. The van der Waals surface area contributed by atoms with E-state index in [4.69, 9.17) is 17.0 Å². The fourth-order valence-corrected chi connectivity index (χ4v) is 4.83. The van der Waals surface area contributed by atoms with Gasteiger partial charge in [0.15, 0.2) is 6.04 Å². The molecule has 4 rings (SSSR count). The molecule has 1 saturated heterocycles. The van der Waals surface area contributed by atoms with E-state index in [0.717, 1.165) is 16.3 Å². The van der Waals surface area contributed by atoms with Crippen LogP contribution in [0.4, 0.5) is 0 Å². The summed E-state index contributed by atoms with van der Waals surface area (Å²) in [5.74, 6) is -0.763. The van der Waals surface area contributed by atoms with Crippen LogP contribution in [0.5, 0.6) is 0 Å². The van der Waals surface area contributed by atoms with Gasteiger partial charge in [0.25, 0.3) is 5.91 Å². The first-order valence-corrected chi connectivity index (χ1v) is 11.3. The lowest BCUT2D eigenvalue weighted by molar-refractivity contribution is -0.151. The molecule has 3 aromatic carbocycles. The maximum Gasteiger partial charge on any atom is 0.333 e. The average molecular weight is 448 g/mol. The molecule has 0 saturated carbocycles. The van der Waals surface area contributed by atoms with Gasteiger partial charge < -0.3 is 4.74 Å². The Labute approximate surface area is 190 Å². The van der Waals surface area contributed by atoms with Gasteiger partial charge in [-0.05, 0) is 34.4 Å². The molecule has 0 aliphatic carbocycles. The van der Waals surface area contributed by atoms with E-state index >= 15 is 0 Å². The van der Waals surface area contributed by atoms with Crippen molar-refractivity contribution in [3.8, 4) is 0 Å². The Morgan fingerprint density at radius 2 is 1.77 bits per heavy atom. The summed E-state index contributed by atoms with van der Waals surface area (Å²) in [6, 6.07) is 22.2. The molecule has 6 heteroatoms. The van der Waals surface area contributed by atoms with Crippen LogP contribution in [-0.4, -0.2) is 27.7 Å². The van der Waals surface area contributed by atoms with Gasteiger partial charge in [0.1, 0.15) is 4.32 Å². The van der Waals surface area contributed by atoms with Crippen LogP contribution in [0, 0.1) is 0 Å². The van der Waals surface area contributed by atoms with Crippen LogP contribution in [0.15, 0.2) is 77.7 Å². The van der Waals surface area contributed by atoms with E-state index in [0.29, 0.717) is 27.8 Å². The molecule has 1 aliphatic rings. The Morgan fingerprint density at radius 1 is 1.06 bits per heavy atom. The maximum absolute atomic E-state index is 13.4. The van der Waals surface area contributed by atoms with Crippen LogP contribution in [0.1, 0.15) is 30.5 Å². The molecular formula is C25H21NO3S2. The van der Waals surface area contributed by atoms with Gasteiger partial charge >= 0.3 is 5.97 Å². The predicted octanol–water partition coefficient (Wildman–Crippen LogP) is 5.74. The summed E-state index contributed by atoms with van der Waals surface area (Å²) in [7, 11) is 0. The van der Waals surface area contributed by atoms with Gasteiger partial charge in [0, 0.05) is 0 Å². The molecule has 156 valence electrons. The third-order valence-electron chi connectivity index (χ3n) is 4.98. The number of esters is 1. The molecule has 4 nitrogen and oxygen atoms in total. The number of hydrogen-bond donors (Lipinski definition) is 0. The van der Waals surface area contributed by atoms with E-state index < -0.39 is 12.0 Å². The van der Waals surface area contributed by atoms with Crippen LogP contribution in [0.25, 0.3) is 16.8 Å². The summed E-state index contributed by atoms with van der Waals surface area (Å²) >= 11 is 6.74. The normalized spacial score (nSPS) is 16.2. The number of amides is 1. The van der Waals surface area contributed by atoms with E-state index in [1.54, 1.807) is 0 Å². The quantitative estimate of drug-likeness (QED) is 0.274. The van der Waals surface area contributed by atoms with E-state index in [1.165, 1.54) is 16.7 Å². The van der Waals surface area contributed by atoms with Crippen molar-refractivity contribution in [2.45, 2.75) is 19.4 Å². The SMILES string of the molecule is CCCOC(=O)C(c1ccccc1)N1C(=O)/C(=C/c2cccc3ccccc23)SC1=S. The van der Waals surface area contributed by atoms with Crippen molar-refractivity contribution in [3.63, 3.8) is 0 Å². The van der Waals surface area contributed by atoms with E-state index in [1.807, 2.05) is 85.8 Å². The standard InChI is InChI=1S/C25H21NO3S2/c1-2-15-29-24(28)22(18-10-4-3-5-11-18)26-23(27)21(31-25(26)30)16-19-13-8-12-17-9-6-7-14-20(17)19/h3-14,16,22H,2,15H2,1H3/b21-16-. The summed E-state index contributed by atoms with van der Waals surface area (Å²) in [5, 5.41) is 2.15. The van der Waals surface area contributed by atoms with Crippen LogP contribution in [0.3, 0.4) is 0 Å². The molecule has 0 spiro atoms. The van der Waals surface area contributed by atoms with Gasteiger partial charge in [0.05, 0.1) is 11.5 Å².